The van der Waals surface area contributed by atoms with Crippen LogP contribution in [0.1, 0.15) is 21.5 Å². The Balaban J connectivity index is 1.46. The highest BCUT2D eigenvalue weighted by Crippen LogP contribution is 2.33. The molecule has 3 aromatic rings. The number of rotatable bonds is 5. The number of carbonyl (C=O) groups excluding carboxylic acids is 2. The van der Waals surface area contributed by atoms with Crippen LogP contribution in [0.3, 0.4) is 0 Å². The van der Waals surface area contributed by atoms with Gasteiger partial charge in [-0.25, -0.2) is 0 Å². The fourth-order valence-corrected chi connectivity index (χ4v) is 3.66. The van der Waals surface area contributed by atoms with Gasteiger partial charge in [0.25, 0.3) is 11.8 Å². The molecular weight excluding hydrogens is 432 g/mol. The van der Waals surface area contributed by atoms with Crippen molar-refractivity contribution in [3.63, 3.8) is 0 Å². The summed E-state index contributed by atoms with van der Waals surface area (Å²) in [5, 5.41) is 6.19. The first-order valence-electron chi connectivity index (χ1n) is 9.54. The van der Waals surface area contributed by atoms with Gasteiger partial charge in [0.2, 0.25) is 0 Å². The van der Waals surface area contributed by atoms with E-state index in [1.54, 1.807) is 48.2 Å². The number of ether oxygens (including phenoxy) is 1. The molecular formula is C24H19ClN2O3S. The van der Waals surface area contributed by atoms with Crippen LogP contribution in [-0.2, 0) is 11.3 Å². The molecule has 2 amide bonds. The number of fused-ring (bicyclic) bond motifs is 1. The minimum Gasteiger partial charge on any atom is -0.449 e. The van der Waals surface area contributed by atoms with Crippen LogP contribution in [-0.4, -0.2) is 18.1 Å². The van der Waals surface area contributed by atoms with Crippen LogP contribution in [0.2, 0.25) is 5.02 Å². The summed E-state index contributed by atoms with van der Waals surface area (Å²) >= 11 is 7.83. The lowest BCUT2D eigenvalue weighted by Gasteiger charge is -2.20. The number of halogens is 1. The second kappa shape index (κ2) is 9.29. The van der Waals surface area contributed by atoms with Gasteiger partial charge in [-0.15, -0.1) is 11.8 Å². The standard InChI is InChI=1S/C24H19ClN2O3S/c1-31-18-9-6-15(7-10-18)14-26-23(28)17-8-11-21-20(12-17)27-24(29)22(30-21)13-16-4-2-3-5-19(16)25/h2-13H,14H2,1H3,(H,26,28)(H,27,29)/b22-13-. The minimum atomic E-state index is -0.404. The summed E-state index contributed by atoms with van der Waals surface area (Å²) in [4.78, 5) is 26.2. The molecule has 1 aliphatic rings. The second-order valence-corrected chi connectivity index (χ2v) is 8.11. The predicted octanol–water partition coefficient (Wildman–Crippen LogP) is 5.36. The number of amides is 2. The molecule has 1 heterocycles. The molecule has 156 valence electrons. The molecule has 0 aromatic heterocycles. The van der Waals surface area contributed by atoms with E-state index in [2.05, 4.69) is 10.6 Å². The Kier molecular flexibility index (Phi) is 6.30. The quantitative estimate of drug-likeness (QED) is 0.405. The normalized spacial score (nSPS) is 13.9. The molecule has 5 nitrogen and oxygen atoms in total. The third-order valence-electron chi connectivity index (χ3n) is 4.74. The fourth-order valence-electron chi connectivity index (χ4n) is 3.06. The van der Waals surface area contributed by atoms with Crippen LogP contribution < -0.4 is 15.4 Å². The van der Waals surface area contributed by atoms with E-state index >= 15 is 0 Å². The molecule has 0 bridgehead atoms. The molecule has 7 heteroatoms. The summed E-state index contributed by atoms with van der Waals surface area (Å²) < 4.78 is 5.75. The molecule has 2 N–H and O–H groups in total. The highest BCUT2D eigenvalue weighted by Gasteiger charge is 2.23. The molecule has 0 unspecified atom stereocenters. The van der Waals surface area contributed by atoms with Gasteiger partial charge in [-0.1, -0.05) is 41.9 Å². The summed E-state index contributed by atoms with van der Waals surface area (Å²) in [6.07, 6.45) is 3.61. The molecule has 0 fully saturated rings. The number of thioether (sulfide) groups is 1. The van der Waals surface area contributed by atoms with Crippen LogP contribution >= 0.6 is 23.4 Å². The highest BCUT2D eigenvalue weighted by molar-refractivity contribution is 7.98. The zero-order valence-corrected chi connectivity index (χ0v) is 18.2. The van der Waals surface area contributed by atoms with Crippen LogP contribution in [0.5, 0.6) is 5.75 Å². The van der Waals surface area contributed by atoms with Crippen LogP contribution in [0.4, 0.5) is 5.69 Å². The Hall–Kier alpha value is -3.22. The maximum Gasteiger partial charge on any atom is 0.291 e. The van der Waals surface area contributed by atoms with Gasteiger partial charge in [-0.05, 0) is 59.9 Å². The molecule has 3 aromatic carbocycles. The maximum absolute atomic E-state index is 12.6. The molecule has 0 saturated carbocycles. The van der Waals surface area contributed by atoms with Crippen molar-refractivity contribution in [1.29, 1.82) is 0 Å². The van der Waals surface area contributed by atoms with Crippen LogP contribution in [0, 0.1) is 0 Å². The lowest BCUT2D eigenvalue weighted by Crippen LogP contribution is -2.25. The molecule has 0 radical (unpaired) electrons. The molecule has 31 heavy (non-hydrogen) atoms. The van der Waals surface area contributed by atoms with E-state index in [0.29, 0.717) is 34.1 Å². The van der Waals surface area contributed by atoms with Crippen LogP contribution in [0.25, 0.3) is 6.08 Å². The van der Waals surface area contributed by atoms with E-state index < -0.39 is 5.91 Å². The van der Waals surface area contributed by atoms with E-state index in [0.717, 1.165) is 5.56 Å². The molecule has 4 rings (SSSR count). The number of benzene rings is 3. The van der Waals surface area contributed by atoms with Gasteiger partial charge < -0.3 is 15.4 Å². The number of anilines is 1. The Morgan fingerprint density at radius 2 is 1.90 bits per heavy atom. The zero-order valence-electron chi connectivity index (χ0n) is 16.6. The summed E-state index contributed by atoms with van der Waals surface area (Å²) in [5.41, 5.74) is 2.56. The molecule has 0 atom stereocenters. The first-order valence-corrected chi connectivity index (χ1v) is 11.1. The van der Waals surface area contributed by atoms with Crippen molar-refractivity contribution < 1.29 is 14.3 Å². The zero-order chi connectivity index (χ0) is 21.8. The topological polar surface area (TPSA) is 67.4 Å². The monoisotopic (exact) mass is 450 g/mol. The van der Waals surface area contributed by atoms with E-state index in [4.69, 9.17) is 16.3 Å². The highest BCUT2D eigenvalue weighted by atomic mass is 35.5. The first kappa shape index (κ1) is 21.0. The Bertz CT molecular complexity index is 1180. The lowest BCUT2D eigenvalue weighted by atomic mass is 10.1. The van der Waals surface area contributed by atoms with Gasteiger partial charge in [-0.2, -0.15) is 0 Å². The number of carbonyl (C=O) groups is 2. The maximum atomic E-state index is 12.6. The fraction of sp³-hybridized carbons (Fsp3) is 0.0833. The molecule has 0 aliphatic carbocycles. The van der Waals surface area contributed by atoms with Crippen molar-refractivity contribution in [3.05, 3.63) is 94.2 Å². The SMILES string of the molecule is CSc1ccc(CNC(=O)c2ccc3c(c2)NC(=O)/C(=C/c2ccccc2Cl)O3)cc1. The van der Waals surface area contributed by atoms with Crippen molar-refractivity contribution in [2.24, 2.45) is 0 Å². The third-order valence-corrected chi connectivity index (χ3v) is 5.83. The average molecular weight is 451 g/mol. The Morgan fingerprint density at radius 1 is 1.13 bits per heavy atom. The van der Waals surface area contributed by atoms with Gasteiger partial charge >= 0.3 is 0 Å². The smallest absolute Gasteiger partial charge is 0.291 e. The summed E-state index contributed by atoms with van der Waals surface area (Å²) in [5.74, 6) is -0.0455. The molecule has 0 saturated heterocycles. The third kappa shape index (κ3) is 4.93. The van der Waals surface area contributed by atoms with Crippen molar-refractivity contribution in [3.8, 4) is 5.75 Å². The second-order valence-electron chi connectivity index (χ2n) is 6.83. The molecule has 0 spiro atoms. The number of nitrogens with one attached hydrogen (secondary N) is 2. The Labute approximate surface area is 189 Å². The lowest BCUT2D eigenvalue weighted by molar-refractivity contribution is -0.115. The van der Waals surface area contributed by atoms with Gasteiger partial charge in [0.1, 0.15) is 0 Å². The number of hydrogen-bond acceptors (Lipinski definition) is 4. The van der Waals surface area contributed by atoms with E-state index in [9.17, 15) is 9.59 Å². The average Bonchev–Trinajstić information content (AvgIpc) is 2.79. The van der Waals surface area contributed by atoms with Gasteiger partial charge in [0.15, 0.2) is 11.5 Å². The van der Waals surface area contributed by atoms with Gasteiger partial charge in [-0.3, -0.25) is 9.59 Å². The van der Waals surface area contributed by atoms with E-state index in [1.165, 1.54) is 4.90 Å². The van der Waals surface area contributed by atoms with Crippen molar-refractivity contribution in [2.45, 2.75) is 11.4 Å². The van der Waals surface area contributed by atoms with Crippen molar-refractivity contribution in [1.82, 2.24) is 5.32 Å². The van der Waals surface area contributed by atoms with Gasteiger partial charge in [0, 0.05) is 22.0 Å². The number of hydrogen-bond donors (Lipinski definition) is 2. The first-order chi connectivity index (χ1) is 15.0. The summed E-state index contributed by atoms with van der Waals surface area (Å²) in [7, 11) is 0. The van der Waals surface area contributed by atoms with E-state index in [-0.39, 0.29) is 11.7 Å². The summed E-state index contributed by atoms with van der Waals surface area (Å²) in [6.45, 7) is 0.415. The predicted molar refractivity (Wildman–Crippen MR) is 125 cm³/mol. The van der Waals surface area contributed by atoms with Crippen molar-refractivity contribution >= 4 is 46.9 Å². The largest absolute Gasteiger partial charge is 0.449 e. The minimum absolute atomic E-state index is 0.131. The van der Waals surface area contributed by atoms with Gasteiger partial charge in [0.05, 0.1) is 5.69 Å². The Morgan fingerprint density at radius 3 is 2.65 bits per heavy atom. The molecule has 1 aliphatic heterocycles. The van der Waals surface area contributed by atoms with E-state index in [1.807, 2.05) is 42.7 Å². The van der Waals surface area contributed by atoms with Crippen LogP contribution in [0.15, 0.2) is 77.4 Å². The van der Waals surface area contributed by atoms with Crippen molar-refractivity contribution in [2.75, 3.05) is 11.6 Å². The summed E-state index contributed by atoms with van der Waals surface area (Å²) in [6, 6.07) is 20.1.